The summed E-state index contributed by atoms with van der Waals surface area (Å²) in [5, 5.41) is 8.91. The van der Waals surface area contributed by atoms with Crippen molar-refractivity contribution in [3.8, 4) is 0 Å². The van der Waals surface area contributed by atoms with Crippen LogP contribution < -0.4 is 5.73 Å². The second kappa shape index (κ2) is 4.00. The Hall–Kier alpha value is -1.42. The molecule has 0 aromatic carbocycles. The molecule has 70 valence electrons. The zero-order valence-corrected chi connectivity index (χ0v) is 7.40. The molecule has 1 rings (SSSR count). The Morgan fingerprint density at radius 1 is 1.77 bits per heavy atom. The molecule has 0 spiro atoms. The van der Waals surface area contributed by atoms with Gasteiger partial charge in [-0.2, -0.15) is 0 Å². The highest BCUT2D eigenvalue weighted by atomic mass is 16.3. The summed E-state index contributed by atoms with van der Waals surface area (Å²) in [5.74, 6) is -0.674. The summed E-state index contributed by atoms with van der Waals surface area (Å²) in [5.41, 5.74) is 6.06. The molecule has 1 aromatic rings. The molecule has 0 saturated carbocycles. The number of carbonyl (C=O) groups is 1. The quantitative estimate of drug-likeness (QED) is 0.701. The van der Waals surface area contributed by atoms with Gasteiger partial charge in [0, 0.05) is 18.7 Å². The average Bonchev–Trinajstić information content (AvgIpc) is 2.16. The van der Waals surface area contributed by atoms with Gasteiger partial charge < -0.3 is 10.8 Å². The largest absolute Gasteiger partial charge is 0.396 e. The van der Waals surface area contributed by atoms with E-state index in [0.29, 0.717) is 5.56 Å². The van der Waals surface area contributed by atoms with Gasteiger partial charge in [-0.1, -0.05) is 13.0 Å². The van der Waals surface area contributed by atoms with Crippen molar-refractivity contribution in [2.24, 2.45) is 5.73 Å². The number of aliphatic hydroxyl groups excluding tert-OH is 1. The molecule has 0 aliphatic heterocycles. The topological polar surface area (TPSA) is 76.2 Å². The highest BCUT2D eigenvalue weighted by Crippen LogP contribution is 2.16. The summed E-state index contributed by atoms with van der Waals surface area (Å²) in [7, 11) is 0. The number of aromatic nitrogens is 1. The first-order valence-corrected chi connectivity index (χ1v) is 4.02. The van der Waals surface area contributed by atoms with E-state index in [0.717, 1.165) is 0 Å². The predicted molar refractivity (Wildman–Crippen MR) is 48.3 cm³/mol. The Morgan fingerprint density at radius 3 is 3.00 bits per heavy atom. The lowest BCUT2D eigenvalue weighted by molar-refractivity contribution is 0.0993. The number of hydrogen-bond donors (Lipinski definition) is 2. The maximum Gasteiger partial charge on any atom is 0.267 e. The third kappa shape index (κ3) is 2.03. The van der Waals surface area contributed by atoms with Gasteiger partial charge in [-0.15, -0.1) is 0 Å². The third-order valence-electron chi connectivity index (χ3n) is 1.88. The van der Waals surface area contributed by atoms with Crippen LogP contribution in [0.3, 0.4) is 0 Å². The van der Waals surface area contributed by atoms with Crippen molar-refractivity contribution in [1.29, 1.82) is 0 Å². The monoisotopic (exact) mass is 180 g/mol. The van der Waals surface area contributed by atoms with Crippen molar-refractivity contribution in [1.82, 2.24) is 4.98 Å². The van der Waals surface area contributed by atoms with Gasteiger partial charge in [0.2, 0.25) is 0 Å². The van der Waals surface area contributed by atoms with Crippen LogP contribution in [0.15, 0.2) is 18.3 Å². The van der Waals surface area contributed by atoms with Crippen molar-refractivity contribution in [2.45, 2.75) is 12.8 Å². The number of aliphatic hydroxyl groups is 1. The second-order valence-electron chi connectivity index (χ2n) is 2.89. The SMILES string of the molecule is C[C@@H](CO)c1cccnc1C(N)=O. The Morgan fingerprint density at radius 2 is 2.46 bits per heavy atom. The average molecular weight is 180 g/mol. The van der Waals surface area contributed by atoms with Gasteiger partial charge in [-0.25, -0.2) is 0 Å². The molecule has 13 heavy (non-hydrogen) atoms. The molecule has 4 heteroatoms. The number of nitrogens with zero attached hydrogens (tertiary/aromatic N) is 1. The minimum atomic E-state index is -0.559. The standard InChI is InChI=1S/C9H12N2O2/c1-6(5-12)7-3-2-4-11-8(7)9(10)13/h2-4,6,12H,5H2,1H3,(H2,10,13)/t6-/m0/s1. The first-order valence-electron chi connectivity index (χ1n) is 4.02. The van der Waals surface area contributed by atoms with Crippen LogP contribution in [-0.2, 0) is 0 Å². The molecule has 0 saturated heterocycles. The summed E-state index contributed by atoms with van der Waals surface area (Å²) < 4.78 is 0. The molecule has 4 nitrogen and oxygen atoms in total. The predicted octanol–water partition coefficient (Wildman–Crippen LogP) is 0.276. The maximum atomic E-state index is 10.9. The molecule has 1 aromatic heterocycles. The Labute approximate surface area is 76.4 Å². The molecule has 0 bridgehead atoms. The van der Waals surface area contributed by atoms with Gasteiger partial charge >= 0.3 is 0 Å². The van der Waals surface area contributed by atoms with E-state index in [1.807, 2.05) is 6.92 Å². The molecule has 0 aliphatic carbocycles. The molecule has 3 N–H and O–H groups in total. The van der Waals surface area contributed by atoms with E-state index < -0.39 is 5.91 Å². The van der Waals surface area contributed by atoms with Crippen molar-refractivity contribution < 1.29 is 9.90 Å². The summed E-state index contributed by atoms with van der Waals surface area (Å²) in [4.78, 5) is 14.8. The highest BCUT2D eigenvalue weighted by Gasteiger charge is 2.13. The van der Waals surface area contributed by atoms with Crippen LogP contribution in [0.25, 0.3) is 0 Å². The molecule has 0 radical (unpaired) electrons. The van der Waals surface area contributed by atoms with E-state index >= 15 is 0 Å². The van der Waals surface area contributed by atoms with Crippen molar-refractivity contribution >= 4 is 5.91 Å². The van der Waals surface area contributed by atoms with Crippen LogP contribution in [0.4, 0.5) is 0 Å². The van der Waals surface area contributed by atoms with Gasteiger partial charge in [-0.3, -0.25) is 9.78 Å². The third-order valence-corrected chi connectivity index (χ3v) is 1.88. The van der Waals surface area contributed by atoms with Gasteiger partial charge in [0.05, 0.1) is 0 Å². The summed E-state index contributed by atoms with van der Waals surface area (Å²) in [6, 6.07) is 3.46. The van der Waals surface area contributed by atoms with Crippen molar-refractivity contribution in [3.05, 3.63) is 29.6 Å². The first kappa shape index (κ1) is 9.67. The van der Waals surface area contributed by atoms with E-state index in [4.69, 9.17) is 10.8 Å². The van der Waals surface area contributed by atoms with E-state index in [2.05, 4.69) is 4.98 Å². The maximum absolute atomic E-state index is 10.9. The number of rotatable bonds is 3. The molecular formula is C9H12N2O2. The fourth-order valence-electron chi connectivity index (χ4n) is 1.12. The van der Waals surface area contributed by atoms with E-state index in [1.54, 1.807) is 12.1 Å². The Kier molecular flexibility index (Phi) is 2.97. The zero-order valence-electron chi connectivity index (χ0n) is 7.40. The molecule has 0 fully saturated rings. The molecule has 1 atom stereocenters. The van der Waals surface area contributed by atoms with Gasteiger partial charge in [0.1, 0.15) is 5.69 Å². The number of amides is 1. The second-order valence-corrected chi connectivity index (χ2v) is 2.89. The van der Waals surface area contributed by atoms with E-state index in [1.165, 1.54) is 6.20 Å². The van der Waals surface area contributed by atoms with Gasteiger partial charge in [0.15, 0.2) is 0 Å². The number of pyridine rings is 1. The molecule has 0 aliphatic rings. The molecule has 1 amide bonds. The summed E-state index contributed by atoms with van der Waals surface area (Å²) in [6.45, 7) is 1.79. The normalized spacial score (nSPS) is 12.5. The van der Waals surface area contributed by atoms with Crippen LogP contribution in [0.2, 0.25) is 0 Å². The fourth-order valence-corrected chi connectivity index (χ4v) is 1.12. The first-order chi connectivity index (χ1) is 6.16. The minimum absolute atomic E-state index is 0.0219. The van der Waals surface area contributed by atoms with Crippen LogP contribution in [-0.4, -0.2) is 22.6 Å². The number of primary amides is 1. The molecule has 0 unspecified atom stereocenters. The fraction of sp³-hybridized carbons (Fsp3) is 0.333. The van der Waals surface area contributed by atoms with E-state index in [9.17, 15) is 4.79 Å². The summed E-state index contributed by atoms with van der Waals surface area (Å²) in [6.07, 6.45) is 1.51. The number of nitrogens with two attached hydrogens (primary N) is 1. The lowest BCUT2D eigenvalue weighted by Crippen LogP contribution is -2.17. The van der Waals surface area contributed by atoms with Crippen molar-refractivity contribution in [2.75, 3.05) is 6.61 Å². The van der Waals surface area contributed by atoms with Gasteiger partial charge in [0.25, 0.3) is 5.91 Å². The Bertz CT molecular complexity index is 312. The van der Waals surface area contributed by atoms with Gasteiger partial charge in [-0.05, 0) is 11.6 Å². The lowest BCUT2D eigenvalue weighted by Gasteiger charge is -2.10. The lowest BCUT2D eigenvalue weighted by atomic mass is 10.0. The number of carbonyl (C=O) groups excluding carboxylic acids is 1. The minimum Gasteiger partial charge on any atom is -0.396 e. The smallest absolute Gasteiger partial charge is 0.267 e. The van der Waals surface area contributed by atoms with Crippen LogP contribution in [0, 0.1) is 0 Å². The summed E-state index contributed by atoms with van der Waals surface area (Å²) >= 11 is 0. The van der Waals surface area contributed by atoms with Crippen LogP contribution >= 0.6 is 0 Å². The Balaban J connectivity index is 3.11. The zero-order chi connectivity index (χ0) is 9.84. The molecule has 1 heterocycles. The van der Waals surface area contributed by atoms with E-state index in [-0.39, 0.29) is 18.2 Å². The number of hydrogen-bond acceptors (Lipinski definition) is 3. The van der Waals surface area contributed by atoms with Crippen molar-refractivity contribution in [3.63, 3.8) is 0 Å². The van der Waals surface area contributed by atoms with Crippen LogP contribution in [0.1, 0.15) is 28.9 Å². The molecular weight excluding hydrogens is 168 g/mol. The highest BCUT2D eigenvalue weighted by molar-refractivity contribution is 5.92. The van der Waals surface area contributed by atoms with Crippen LogP contribution in [0.5, 0.6) is 0 Å².